The van der Waals surface area contributed by atoms with Crippen molar-refractivity contribution < 1.29 is 4.74 Å². The normalized spacial score (nSPS) is 10.3. The molecule has 0 spiro atoms. The highest BCUT2D eigenvalue weighted by molar-refractivity contribution is 9.10. The quantitative estimate of drug-likeness (QED) is 0.671. The fraction of sp³-hybridized carbons (Fsp3) is 0.143. The Morgan fingerprint density at radius 2 is 1.89 bits per heavy atom. The first kappa shape index (κ1) is 13.3. The summed E-state index contributed by atoms with van der Waals surface area (Å²) >= 11 is 5.17. The third-order valence-electron chi connectivity index (χ3n) is 2.50. The summed E-state index contributed by atoms with van der Waals surface area (Å²) in [4.78, 5) is 1.11. The number of ether oxygens (including phenoxy) is 1. The van der Waals surface area contributed by atoms with E-state index in [1.807, 2.05) is 18.2 Å². The molecule has 0 aliphatic rings. The van der Waals surface area contributed by atoms with Crippen LogP contribution < -0.4 is 10.5 Å². The molecule has 0 atom stereocenters. The Morgan fingerprint density at radius 1 is 1.17 bits per heavy atom. The minimum atomic E-state index is 0.722. The molecule has 18 heavy (non-hydrogen) atoms. The maximum atomic E-state index is 5.73. The Hall–Kier alpha value is -1.13. The van der Waals surface area contributed by atoms with Gasteiger partial charge in [0.2, 0.25) is 0 Å². The summed E-state index contributed by atoms with van der Waals surface area (Å²) in [5, 5.41) is 0. The lowest BCUT2D eigenvalue weighted by Gasteiger charge is -2.09. The predicted octanol–water partition coefficient (Wildman–Crippen LogP) is 4.33. The summed E-state index contributed by atoms with van der Waals surface area (Å²) in [5.41, 5.74) is 7.73. The second-order valence-corrected chi connectivity index (χ2v) is 5.76. The second-order valence-electron chi connectivity index (χ2n) is 3.83. The summed E-state index contributed by atoms with van der Waals surface area (Å²) in [7, 11) is 1.67. The van der Waals surface area contributed by atoms with E-state index in [0.717, 1.165) is 26.6 Å². The molecule has 0 aromatic heterocycles. The number of halogens is 1. The van der Waals surface area contributed by atoms with Crippen LogP contribution in [-0.4, -0.2) is 7.11 Å². The standard InChI is InChI=1S/C14H14BrNOS/c1-17-13-8-12(16)6-7-14(13)18-9-10-2-4-11(15)5-3-10/h2-8H,9,16H2,1H3. The molecule has 0 saturated carbocycles. The van der Waals surface area contributed by atoms with Gasteiger partial charge >= 0.3 is 0 Å². The van der Waals surface area contributed by atoms with Gasteiger partial charge in [0.1, 0.15) is 5.75 Å². The molecular weight excluding hydrogens is 310 g/mol. The first-order valence-corrected chi connectivity index (χ1v) is 7.27. The maximum absolute atomic E-state index is 5.73. The number of hydrogen-bond acceptors (Lipinski definition) is 3. The van der Waals surface area contributed by atoms with Crippen molar-refractivity contribution in [2.24, 2.45) is 0 Å². The van der Waals surface area contributed by atoms with Crippen LogP contribution >= 0.6 is 27.7 Å². The van der Waals surface area contributed by atoms with Crippen molar-refractivity contribution in [1.29, 1.82) is 0 Å². The van der Waals surface area contributed by atoms with Crippen molar-refractivity contribution in [2.75, 3.05) is 12.8 Å². The van der Waals surface area contributed by atoms with E-state index in [1.165, 1.54) is 5.56 Å². The van der Waals surface area contributed by atoms with Gasteiger partial charge < -0.3 is 10.5 Å². The van der Waals surface area contributed by atoms with E-state index < -0.39 is 0 Å². The average molecular weight is 324 g/mol. The number of methoxy groups -OCH3 is 1. The molecule has 0 heterocycles. The van der Waals surface area contributed by atoms with Crippen LogP contribution in [0.25, 0.3) is 0 Å². The van der Waals surface area contributed by atoms with Gasteiger partial charge in [-0.3, -0.25) is 0 Å². The number of benzene rings is 2. The summed E-state index contributed by atoms with van der Waals surface area (Å²) in [6, 6.07) is 14.1. The molecule has 4 heteroatoms. The molecule has 2 nitrogen and oxygen atoms in total. The topological polar surface area (TPSA) is 35.2 Å². The molecule has 0 aliphatic heterocycles. The number of nitrogen functional groups attached to an aromatic ring is 1. The number of thioether (sulfide) groups is 1. The van der Waals surface area contributed by atoms with E-state index in [-0.39, 0.29) is 0 Å². The Kier molecular flexibility index (Phi) is 4.55. The largest absolute Gasteiger partial charge is 0.496 e. The van der Waals surface area contributed by atoms with Gasteiger partial charge in [-0.25, -0.2) is 0 Å². The van der Waals surface area contributed by atoms with E-state index in [2.05, 4.69) is 40.2 Å². The SMILES string of the molecule is COc1cc(N)ccc1SCc1ccc(Br)cc1. The van der Waals surface area contributed by atoms with Gasteiger partial charge in [0.05, 0.1) is 7.11 Å². The van der Waals surface area contributed by atoms with Crippen molar-refractivity contribution in [3.05, 3.63) is 52.5 Å². The zero-order chi connectivity index (χ0) is 13.0. The van der Waals surface area contributed by atoms with E-state index in [1.54, 1.807) is 18.9 Å². The van der Waals surface area contributed by atoms with Crippen LogP contribution in [0.15, 0.2) is 51.8 Å². The fourth-order valence-corrected chi connectivity index (χ4v) is 2.77. The molecule has 0 saturated heterocycles. The number of nitrogens with two attached hydrogens (primary N) is 1. The first-order valence-electron chi connectivity index (χ1n) is 5.50. The van der Waals surface area contributed by atoms with Crippen molar-refractivity contribution in [1.82, 2.24) is 0 Å². The smallest absolute Gasteiger partial charge is 0.134 e. The summed E-state index contributed by atoms with van der Waals surface area (Å²) in [6.45, 7) is 0. The summed E-state index contributed by atoms with van der Waals surface area (Å²) in [5.74, 6) is 1.74. The van der Waals surface area contributed by atoms with E-state index in [0.29, 0.717) is 0 Å². The van der Waals surface area contributed by atoms with Gasteiger partial charge in [-0.05, 0) is 29.8 Å². The number of hydrogen-bond donors (Lipinski definition) is 1. The molecule has 2 aromatic carbocycles. The average Bonchev–Trinajstić information content (AvgIpc) is 2.39. The lowest BCUT2D eigenvalue weighted by molar-refractivity contribution is 0.405. The van der Waals surface area contributed by atoms with Gasteiger partial charge in [0, 0.05) is 26.9 Å². The third-order valence-corrected chi connectivity index (χ3v) is 4.15. The summed E-state index contributed by atoms with van der Waals surface area (Å²) in [6.07, 6.45) is 0. The highest BCUT2D eigenvalue weighted by Crippen LogP contribution is 2.33. The lowest BCUT2D eigenvalue weighted by atomic mass is 10.2. The minimum absolute atomic E-state index is 0.722. The summed E-state index contributed by atoms with van der Waals surface area (Å²) < 4.78 is 6.42. The molecule has 94 valence electrons. The van der Waals surface area contributed by atoms with E-state index in [9.17, 15) is 0 Å². The molecule has 2 N–H and O–H groups in total. The minimum Gasteiger partial charge on any atom is -0.496 e. The van der Waals surface area contributed by atoms with Gasteiger partial charge in [0.15, 0.2) is 0 Å². The molecule has 2 rings (SSSR count). The Balaban J connectivity index is 2.08. The van der Waals surface area contributed by atoms with Crippen molar-refractivity contribution >= 4 is 33.4 Å². The maximum Gasteiger partial charge on any atom is 0.134 e. The monoisotopic (exact) mass is 323 g/mol. The molecule has 0 unspecified atom stereocenters. The van der Waals surface area contributed by atoms with Gasteiger partial charge in [-0.1, -0.05) is 28.1 Å². The molecule has 0 fully saturated rings. The van der Waals surface area contributed by atoms with E-state index >= 15 is 0 Å². The molecular formula is C14H14BrNOS. The van der Waals surface area contributed by atoms with Crippen LogP contribution in [0, 0.1) is 0 Å². The predicted molar refractivity (Wildman–Crippen MR) is 81.1 cm³/mol. The lowest BCUT2D eigenvalue weighted by Crippen LogP contribution is -1.90. The van der Waals surface area contributed by atoms with Crippen LogP contribution in [0.1, 0.15) is 5.56 Å². The highest BCUT2D eigenvalue weighted by Gasteiger charge is 2.04. The molecule has 0 radical (unpaired) electrons. The molecule has 2 aromatic rings. The van der Waals surface area contributed by atoms with Crippen molar-refractivity contribution in [3.8, 4) is 5.75 Å². The zero-order valence-corrected chi connectivity index (χ0v) is 12.4. The molecule has 0 aliphatic carbocycles. The molecule has 0 amide bonds. The first-order chi connectivity index (χ1) is 8.69. The Morgan fingerprint density at radius 3 is 2.56 bits per heavy atom. The zero-order valence-electron chi connectivity index (χ0n) is 10.0. The Labute approximate surface area is 120 Å². The van der Waals surface area contributed by atoms with Crippen molar-refractivity contribution in [3.63, 3.8) is 0 Å². The highest BCUT2D eigenvalue weighted by atomic mass is 79.9. The van der Waals surface area contributed by atoms with Gasteiger partial charge in [-0.2, -0.15) is 0 Å². The second kappa shape index (κ2) is 6.16. The molecule has 0 bridgehead atoms. The third kappa shape index (κ3) is 3.43. The van der Waals surface area contributed by atoms with Gasteiger partial charge in [-0.15, -0.1) is 11.8 Å². The van der Waals surface area contributed by atoms with Gasteiger partial charge in [0.25, 0.3) is 0 Å². The number of anilines is 1. The fourth-order valence-electron chi connectivity index (χ4n) is 1.55. The number of rotatable bonds is 4. The van der Waals surface area contributed by atoms with Crippen LogP contribution in [0.4, 0.5) is 5.69 Å². The van der Waals surface area contributed by atoms with Crippen LogP contribution in [0.2, 0.25) is 0 Å². The van der Waals surface area contributed by atoms with Crippen LogP contribution in [-0.2, 0) is 5.75 Å². The van der Waals surface area contributed by atoms with Crippen LogP contribution in [0.5, 0.6) is 5.75 Å². The Bertz CT molecular complexity index is 528. The van der Waals surface area contributed by atoms with E-state index in [4.69, 9.17) is 10.5 Å². The van der Waals surface area contributed by atoms with Crippen molar-refractivity contribution in [2.45, 2.75) is 10.6 Å². The van der Waals surface area contributed by atoms with Crippen LogP contribution in [0.3, 0.4) is 0 Å².